The minimum atomic E-state index is -0.0714. The van der Waals surface area contributed by atoms with E-state index in [9.17, 15) is 0 Å². The molecule has 0 radical (unpaired) electrons. The highest BCUT2D eigenvalue weighted by Gasteiger charge is 2.05. The van der Waals surface area contributed by atoms with Crippen molar-refractivity contribution in [2.45, 2.75) is 31.7 Å². The van der Waals surface area contributed by atoms with Gasteiger partial charge in [0, 0.05) is 12.7 Å². The predicted octanol–water partition coefficient (Wildman–Crippen LogP) is 3.21. The van der Waals surface area contributed by atoms with Crippen molar-refractivity contribution in [2.75, 3.05) is 0 Å². The molecule has 1 heterocycles. The molecule has 90 valence electrons. The first-order valence-corrected chi connectivity index (χ1v) is 6.27. The van der Waals surface area contributed by atoms with Crippen LogP contribution in [-0.2, 0) is 13.0 Å². The van der Waals surface area contributed by atoms with E-state index in [4.69, 9.17) is 11.6 Å². The number of benzene rings is 1. The molecule has 0 amide bonds. The van der Waals surface area contributed by atoms with Gasteiger partial charge in [0.15, 0.2) is 0 Å². The van der Waals surface area contributed by atoms with Crippen LogP contribution in [0.5, 0.6) is 0 Å². The van der Waals surface area contributed by atoms with E-state index in [1.807, 2.05) is 23.9 Å². The minimum absolute atomic E-state index is 0.0714. The Hall–Kier alpha value is -1.35. The molecular formula is C13H16ClN3. The number of rotatable bonds is 5. The van der Waals surface area contributed by atoms with Crippen molar-refractivity contribution in [3.63, 3.8) is 0 Å². The fraction of sp³-hybridized carbons (Fsp3) is 0.385. The van der Waals surface area contributed by atoms with Crippen molar-refractivity contribution in [1.29, 1.82) is 0 Å². The molecule has 0 aliphatic rings. The molecule has 0 saturated heterocycles. The standard InChI is InChI=1S/C13H16ClN3/c1-11(14)13-10-17(16-15-13)9-5-8-12-6-3-2-4-7-12/h2-4,6-7,10-11H,5,8-9H2,1H3. The molecule has 2 rings (SSSR count). The van der Waals surface area contributed by atoms with Gasteiger partial charge in [-0.25, -0.2) is 0 Å². The van der Waals surface area contributed by atoms with Crippen molar-refractivity contribution < 1.29 is 0 Å². The molecule has 0 aliphatic heterocycles. The Bertz CT molecular complexity index is 451. The fourth-order valence-corrected chi connectivity index (χ4v) is 1.79. The van der Waals surface area contributed by atoms with Crippen LogP contribution in [-0.4, -0.2) is 15.0 Å². The number of aromatic nitrogens is 3. The highest BCUT2D eigenvalue weighted by Crippen LogP contribution is 2.15. The number of hydrogen-bond acceptors (Lipinski definition) is 2. The van der Waals surface area contributed by atoms with E-state index in [1.165, 1.54) is 5.56 Å². The number of nitrogens with zero attached hydrogens (tertiary/aromatic N) is 3. The van der Waals surface area contributed by atoms with E-state index in [0.29, 0.717) is 0 Å². The second-order valence-electron chi connectivity index (χ2n) is 4.11. The monoisotopic (exact) mass is 249 g/mol. The van der Waals surface area contributed by atoms with Crippen LogP contribution < -0.4 is 0 Å². The van der Waals surface area contributed by atoms with Crippen LogP contribution in [0.4, 0.5) is 0 Å². The van der Waals surface area contributed by atoms with Crippen LogP contribution in [0.2, 0.25) is 0 Å². The van der Waals surface area contributed by atoms with Gasteiger partial charge in [0.2, 0.25) is 0 Å². The van der Waals surface area contributed by atoms with E-state index >= 15 is 0 Å². The molecule has 3 nitrogen and oxygen atoms in total. The van der Waals surface area contributed by atoms with Crippen LogP contribution in [0.1, 0.15) is 30.0 Å². The van der Waals surface area contributed by atoms with Crippen molar-refractivity contribution in [2.24, 2.45) is 0 Å². The van der Waals surface area contributed by atoms with E-state index < -0.39 is 0 Å². The number of hydrogen-bond donors (Lipinski definition) is 0. The van der Waals surface area contributed by atoms with Gasteiger partial charge in [0.05, 0.1) is 5.38 Å². The summed E-state index contributed by atoms with van der Waals surface area (Å²) in [6.07, 6.45) is 4.04. The van der Waals surface area contributed by atoms with E-state index in [1.54, 1.807) is 0 Å². The topological polar surface area (TPSA) is 30.7 Å². The quantitative estimate of drug-likeness (QED) is 0.762. The Morgan fingerprint density at radius 3 is 2.71 bits per heavy atom. The van der Waals surface area contributed by atoms with Crippen molar-refractivity contribution in [3.05, 3.63) is 47.8 Å². The lowest BCUT2D eigenvalue weighted by molar-refractivity contribution is 0.558. The minimum Gasteiger partial charge on any atom is -0.252 e. The largest absolute Gasteiger partial charge is 0.252 e. The molecule has 0 bridgehead atoms. The smallest absolute Gasteiger partial charge is 0.100 e. The molecule has 4 heteroatoms. The molecule has 2 aromatic rings. The first-order chi connectivity index (χ1) is 8.25. The van der Waals surface area contributed by atoms with Gasteiger partial charge in [-0.15, -0.1) is 16.7 Å². The molecule has 0 fully saturated rings. The Morgan fingerprint density at radius 1 is 1.29 bits per heavy atom. The van der Waals surface area contributed by atoms with E-state index in [-0.39, 0.29) is 5.38 Å². The van der Waals surface area contributed by atoms with E-state index in [0.717, 1.165) is 25.1 Å². The Balaban J connectivity index is 1.82. The van der Waals surface area contributed by atoms with Crippen LogP contribution in [0.15, 0.2) is 36.5 Å². The summed E-state index contributed by atoms with van der Waals surface area (Å²) in [5, 5.41) is 8.00. The summed E-state index contributed by atoms with van der Waals surface area (Å²) < 4.78 is 1.86. The fourth-order valence-electron chi connectivity index (χ4n) is 1.69. The summed E-state index contributed by atoms with van der Waals surface area (Å²) in [6, 6.07) is 10.5. The van der Waals surface area contributed by atoms with E-state index in [2.05, 4.69) is 34.6 Å². The zero-order valence-corrected chi connectivity index (χ0v) is 10.6. The lowest BCUT2D eigenvalue weighted by Crippen LogP contribution is -2.00. The third-order valence-corrected chi connectivity index (χ3v) is 2.88. The summed E-state index contributed by atoms with van der Waals surface area (Å²) in [7, 11) is 0. The summed E-state index contributed by atoms with van der Waals surface area (Å²) in [6.45, 7) is 2.78. The maximum absolute atomic E-state index is 5.93. The third kappa shape index (κ3) is 3.56. The number of halogens is 1. The first kappa shape index (κ1) is 12.1. The second kappa shape index (κ2) is 5.82. The molecule has 1 atom stereocenters. The van der Waals surface area contributed by atoms with Gasteiger partial charge >= 0.3 is 0 Å². The lowest BCUT2D eigenvalue weighted by Gasteiger charge is -2.01. The number of aryl methyl sites for hydroxylation is 2. The van der Waals surface area contributed by atoms with Crippen LogP contribution in [0, 0.1) is 0 Å². The van der Waals surface area contributed by atoms with Gasteiger partial charge in [0.25, 0.3) is 0 Å². The summed E-state index contributed by atoms with van der Waals surface area (Å²) in [5.74, 6) is 0. The molecule has 0 saturated carbocycles. The second-order valence-corrected chi connectivity index (χ2v) is 4.77. The maximum Gasteiger partial charge on any atom is 0.100 e. The molecular weight excluding hydrogens is 234 g/mol. The predicted molar refractivity (Wildman–Crippen MR) is 69.1 cm³/mol. The SMILES string of the molecule is CC(Cl)c1cn(CCCc2ccccc2)nn1. The highest BCUT2D eigenvalue weighted by molar-refractivity contribution is 6.20. The van der Waals surface area contributed by atoms with Gasteiger partial charge in [-0.3, -0.25) is 4.68 Å². The van der Waals surface area contributed by atoms with Gasteiger partial charge in [0.1, 0.15) is 5.69 Å². The van der Waals surface area contributed by atoms with Crippen LogP contribution in [0.3, 0.4) is 0 Å². The maximum atomic E-state index is 5.93. The molecule has 1 aromatic heterocycles. The van der Waals surface area contributed by atoms with Crippen LogP contribution >= 0.6 is 11.6 Å². The first-order valence-electron chi connectivity index (χ1n) is 5.84. The highest BCUT2D eigenvalue weighted by atomic mass is 35.5. The zero-order chi connectivity index (χ0) is 12.1. The van der Waals surface area contributed by atoms with Crippen LogP contribution in [0.25, 0.3) is 0 Å². The molecule has 0 N–H and O–H groups in total. The lowest BCUT2D eigenvalue weighted by atomic mass is 10.1. The zero-order valence-electron chi connectivity index (χ0n) is 9.88. The molecule has 0 spiro atoms. The molecule has 0 aliphatic carbocycles. The Labute approximate surface area is 106 Å². The molecule has 1 aromatic carbocycles. The average molecular weight is 250 g/mol. The van der Waals surface area contributed by atoms with Crippen molar-refractivity contribution in [3.8, 4) is 0 Å². The molecule has 17 heavy (non-hydrogen) atoms. The van der Waals surface area contributed by atoms with Crippen molar-refractivity contribution in [1.82, 2.24) is 15.0 Å². The van der Waals surface area contributed by atoms with Gasteiger partial charge in [-0.1, -0.05) is 35.5 Å². The summed E-state index contributed by atoms with van der Waals surface area (Å²) >= 11 is 5.93. The van der Waals surface area contributed by atoms with Crippen molar-refractivity contribution >= 4 is 11.6 Å². The third-order valence-electron chi connectivity index (χ3n) is 2.66. The summed E-state index contributed by atoms with van der Waals surface area (Å²) in [4.78, 5) is 0. The Morgan fingerprint density at radius 2 is 2.06 bits per heavy atom. The average Bonchev–Trinajstić information content (AvgIpc) is 2.79. The van der Waals surface area contributed by atoms with Gasteiger partial charge in [-0.2, -0.15) is 0 Å². The summed E-state index contributed by atoms with van der Waals surface area (Å²) in [5.41, 5.74) is 2.20. The molecule has 1 unspecified atom stereocenters. The van der Waals surface area contributed by atoms with Gasteiger partial charge in [-0.05, 0) is 25.3 Å². The number of alkyl halides is 1. The van der Waals surface area contributed by atoms with Gasteiger partial charge < -0.3 is 0 Å². The Kier molecular flexibility index (Phi) is 4.15. The normalized spacial score (nSPS) is 12.6.